The number of ether oxygens (including phenoxy) is 1. The molecule has 3 aromatic rings. The van der Waals surface area contributed by atoms with E-state index in [0.717, 1.165) is 35.3 Å². The molecule has 2 aliphatic heterocycles. The van der Waals surface area contributed by atoms with Crippen molar-refractivity contribution in [3.63, 3.8) is 0 Å². The van der Waals surface area contributed by atoms with Crippen LogP contribution >= 0.6 is 0 Å². The first kappa shape index (κ1) is 14.7. The maximum Gasteiger partial charge on any atom is 0.230 e. The number of aromatic nitrogens is 4. The number of nitrogens with zero attached hydrogens (tertiary/aromatic N) is 5. The Morgan fingerprint density at radius 1 is 1.20 bits per heavy atom. The monoisotopic (exact) mass is 337 g/mol. The fourth-order valence-corrected chi connectivity index (χ4v) is 3.82. The quantitative estimate of drug-likeness (QED) is 0.730. The van der Waals surface area contributed by atoms with Crippen LogP contribution in [0.15, 0.2) is 36.9 Å². The first-order chi connectivity index (χ1) is 12.2. The van der Waals surface area contributed by atoms with Crippen molar-refractivity contribution in [3.05, 3.63) is 36.9 Å². The molecule has 0 saturated carbocycles. The van der Waals surface area contributed by atoms with E-state index >= 15 is 0 Å². The van der Waals surface area contributed by atoms with E-state index in [-0.39, 0.29) is 11.8 Å². The Labute approximate surface area is 144 Å². The first-order valence-electron chi connectivity index (χ1n) is 8.56. The number of aryl methyl sites for hydroxylation is 1. The normalized spacial score (nSPS) is 21.2. The molecule has 0 bridgehead atoms. The summed E-state index contributed by atoms with van der Waals surface area (Å²) in [5.74, 6) is 0.688. The highest BCUT2D eigenvalue weighted by molar-refractivity contribution is 6.01. The van der Waals surface area contributed by atoms with Crippen molar-refractivity contribution in [3.8, 4) is 11.1 Å². The summed E-state index contributed by atoms with van der Waals surface area (Å²) < 4.78 is 8.89. The van der Waals surface area contributed by atoms with Crippen molar-refractivity contribution in [2.75, 3.05) is 24.7 Å². The minimum atomic E-state index is 0.0923. The molecule has 2 aliphatic rings. The van der Waals surface area contributed by atoms with Gasteiger partial charge in [0.1, 0.15) is 0 Å². The molecule has 0 aromatic carbocycles. The van der Waals surface area contributed by atoms with Crippen molar-refractivity contribution in [2.45, 2.75) is 6.42 Å². The van der Waals surface area contributed by atoms with E-state index in [0.29, 0.717) is 19.1 Å². The summed E-state index contributed by atoms with van der Waals surface area (Å²) in [4.78, 5) is 14.8. The predicted octanol–water partition coefficient (Wildman–Crippen LogP) is 1.73. The third-order valence-electron chi connectivity index (χ3n) is 5.30. The molecule has 2 saturated heterocycles. The lowest BCUT2D eigenvalue weighted by molar-refractivity contribution is -0.129. The van der Waals surface area contributed by atoms with E-state index in [2.05, 4.69) is 16.3 Å². The number of hydrogen-bond acceptors (Lipinski definition) is 4. The van der Waals surface area contributed by atoms with Gasteiger partial charge in [0.25, 0.3) is 0 Å². The van der Waals surface area contributed by atoms with Gasteiger partial charge < -0.3 is 9.64 Å². The molecule has 1 amide bonds. The third kappa shape index (κ3) is 2.26. The Morgan fingerprint density at radius 3 is 2.80 bits per heavy atom. The largest absolute Gasteiger partial charge is 0.381 e. The van der Waals surface area contributed by atoms with E-state index in [9.17, 15) is 4.79 Å². The summed E-state index contributed by atoms with van der Waals surface area (Å²) in [6, 6.07) is 4.01. The summed E-state index contributed by atoms with van der Waals surface area (Å²) in [6.07, 6.45) is 8.44. The molecule has 25 heavy (non-hydrogen) atoms. The first-order valence-corrected chi connectivity index (χ1v) is 8.56. The highest BCUT2D eigenvalue weighted by Crippen LogP contribution is 2.35. The van der Waals surface area contributed by atoms with Crippen LogP contribution in [0.5, 0.6) is 0 Å². The molecule has 0 aliphatic carbocycles. The van der Waals surface area contributed by atoms with Crippen LogP contribution in [-0.4, -0.2) is 45.1 Å². The molecule has 0 spiro atoms. The fraction of sp³-hybridized carbons (Fsp3) is 0.389. The van der Waals surface area contributed by atoms with Gasteiger partial charge in [-0.3, -0.25) is 9.48 Å². The van der Waals surface area contributed by atoms with E-state index in [1.54, 1.807) is 10.9 Å². The van der Waals surface area contributed by atoms with Crippen molar-refractivity contribution in [1.82, 2.24) is 19.4 Å². The molecule has 0 radical (unpaired) electrons. The molecular weight excluding hydrogens is 318 g/mol. The Hall–Kier alpha value is -2.67. The van der Waals surface area contributed by atoms with Gasteiger partial charge in [0.15, 0.2) is 0 Å². The third-order valence-corrected chi connectivity index (χ3v) is 5.30. The van der Waals surface area contributed by atoms with Crippen molar-refractivity contribution < 1.29 is 9.53 Å². The van der Waals surface area contributed by atoms with Crippen LogP contribution < -0.4 is 4.90 Å². The van der Waals surface area contributed by atoms with Gasteiger partial charge in [0.05, 0.1) is 30.6 Å². The zero-order valence-electron chi connectivity index (χ0n) is 14.0. The molecule has 5 heterocycles. The van der Waals surface area contributed by atoms with Crippen LogP contribution in [0.2, 0.25) is 0 Å². The highest BCUT2D eigenvalue weighted by Gasteiger charge is 2.41. The number of anilines is 1. The van der Waals surface area contributed by atoms with Crippen LogP contribution in [0, 0.1) is 11.8 Å². The number of fused-ring (bicyclic) bond motifs is 1. The molecule has 128 valence electrons. The van der Waals surface area contributed by atoms with Crippen LogP contribution in [0.25, 0.3) is 16.6 Å². The predicted molar refractivity (Wildman–Crippen MR) is 92.2 cm³/mol. The topological polar surface area (TPSA) is 64.7 Å². The summed E-state index contributed by atoms with van der Waals surface area (Å²) in [5.41, 5.74) is 3.96. The van der Waals surface area contributed by atoms with Crippen LogP contribution in [0.4, 0.5) is 5.69 Å². The second kappa shape index (κ2) is 5.42. The summed E-state index contributed by atoms with van der Waals surface area (Å²) in [7, 11) is 1.90. The second-order valence-electron chi connectivity index (χ2n) is 6.86. The summed E-state index contributed by atoms with van der Waals surface area (Å²) >= 11 is 0. The number of carbonyl (C=O) groups is 1. The second-order valence-corrected chi connectivity index (χ2v) is 6.86. The van der Waals surface area contributed by atoms with Crippen molar-refractivity contribution >= 4 is 17.1 Å². The molecule has 0 N–H and O–H groups in total. The van der Waals surface area contributed by atoms with Gasteiger partial charge in [0.2, 0.25) is 5.91 Å². The molecule has 1 unspecified atom stereocenters. The van der Waals surface area contributed by atoms with Gasteiger partial charge in [-0.1, -0.05) is 0 Å². The number of carbonyl (C=O) groups excluding carboxylic acids is 1. The molecule has 2 fully saturated rings. The Balaban J connectivity index is 1.53. The minimum absolute atomic E-state index is 0.0923. The average Bonchev–Trinajstić information content (AvgIpc) is 3.25. The standard InChI is InChI=1S/C18H19N5O2/c1-21-8-13(7-20-21)12-6-17-16(2-4-19-23(17)9-12)22-5-3-15(18(22)24)14-10-25-11-14/h2,4,6-9,14-15H,3,5,10-11H2,1H3. The summed E-state index contributed by atoms with van der Waals surface area (Å²) in [6.45, 7) is 2.19. The van der Waals surface area contributed by atoms with E-state index in [1.165, 1.54) is 0 Å². The molecule has 7 heteroatoms. The van der Waals surface area contributed by atoms with E-state index < -0.39 is 0 Å². The molecule has 3 aromatic heterocycles. The van der Waals surface area contributed by atoms with Gasteiger partial charge in [-0.2, -0.15) is 10.2 Å². The maximum absolute atomic E-state index is 12.9. The Bertz CT molecular complexity index is 955. The zero-order chi connectivity index (χ0) is 17.0. The van der Waals surface area contributed by atoms with Crippen LogP contribution in [0.1, 0.15) is 6.42 Å². The fourth-order valence-electron chi connectivity index (χ4n) is 3.82. The zero-order valence-corrected chi connectivity index (χ0v) is 14.0. The van der Waals surface area contributed by atoms with Gasteiger partial charge in [-0.05, 0) is 18.6 Å². The van der Waals surface area contributed by atoms with E-state index in [4.69, 9.17) is 4.74 Å². The smallest absolute Gasteiger partial charge is 0.230 e. The Morgan fingerprint density at radius 2 is 2.08 bits per heavy atom. The number of amides is 1. The van der Waals surface area contributed by atoms with E-state index in [1.807, 2.05) is 41.1 Å². The summed E-state index contributed by atoms with van der Waals surface area (Å²) in [5, 5.41) is 8.64. The molecule has 5 rings (SSSR count). The van der Waals surface area contributed by atoms with Gasteiger partial charge >= 0.3 is 0 Å². The Kier molecular flexibility index (Phi) is 3.18. The van der Waals surface area contributed by atoms with Gasteiger partial charge in [0, 0.05) is 55.1 Å². The number of rotatable bonds is 3. The molecule has 7 nitrogen and oxygen atoms in total. The lowest BCUT2D eigenvalue weighted by Gasteiger charge is -2.30. The molecular formula is C18H19N5O2. The average molecular weight is 337 g/mol. The SMILES string of the molecule is Cn1cc(-c2cc3c(N4CCC(C5COC5)C4=O)ccnn3c2)cn1. The van der Waals surface area contributed by atoms with Crippen molar-refractivity contribution in [1.29, 1.82) is 0 Å². The minimum Gasteiger partial charge on any atom is -0.381 e. The lowest BCUT2D eigenvalue weighted by atomic mass is 9.89. The van der Waals surface area contributed by atoms with Gasteiger partial charge in [-0.25, -0.2) is 4.52 Å². The number of hydrogen-bond donors (Lipinski definition) is 0. The van der Waals surface area contributed by atoms with Crippen LogP contribution in [-0.2, 0) is 16.6 Å². The van der Waals surface area contributed by atoms with Crippen molar-refractivity contribution in [2.24, 2.45) is 18.9 Å². The van der Waals surface area contributed by atoms with Gasteiger partial charge in [-0.15, -0.1) is 0 Å². The maximum atomic E-state index is 12.9. The highest BCUT2D eigenvalue weighted by atomic mass is 16.5. The van der Waals surface area contributed by atoms with Crippen LogP contribution in [0.3, 0.4) is 0 Å². The molecule has 1 atom stereocenters. The lowest BCUT2D eigenvalue weighted by Crippen LogP contribution is -2.39.